The Morgan fingerprint density at radius 2 is 1.93 bits per heavy atom. The third kappa shape index (κ3) is 4.90. The van der Waals surface area contributed by atoms with Gasteiger partial charge in [-0.25, -0.2) is 10.5 Å². The molecule has 28 heavy (non-hydrogen) atoms. The molecule has 0 spiro atoms. The third-order valence-corrected chi connectivity index (χ3v) is 4.38. The van der Waals surface area contributed by atoms with Crippen LogP contribution in [0.3, 0.4) is 0 Å². The minimum Gasteiger partial charge on any atom is -0.496 e. The summed E-state index contributed by atoms with van der Waals surface area (Å²) in [5, 5.41) is 8.51. The van der Waals surface area contributed by atoms with Gasteiger partial charge in [-0.3, -0.25) is 10.0 Å². The molecule has 6 nitrogen and oxygen atoms in total. The minimum atomic E-state index is -0.486. The molecule has 6 heteroatoms. The first-order chi connectivity index (χ1) is 13.4. The number of hydrogen-bond donors (Lipinski definition) is 2. The molecule has 0 aliphatic heterocycles. The maximum absolute atomic E-state index is 11.1. The van der Waals surface area contributed by atoms with Crippen molar-refractivity contribution in [2.75, 3.05) is 14.2 Å². The first-order valence-corrected chi connectivity index (χ1v) is 8.73. The second-order valence-electron chi connectivity index (χ2n) is 6.18. The van der Waals surface area contributed by atoms with Crippen LogP contribution in [0.25, 0.3) is 5.57 Å². The summed E-state index contributed by atoms with van der Waals surface area (Å²) < 4.78 is 10.8. The van der Waals surface area contributed by atoms with Gasteiger partial charge in [-0.2, -0.15) is 0 Å². The van der Waals surface area contributed by atoms with Gasteiger partial charge in [-0.15, -0.1) is 0 Å². The van der Waals surface area contributed by atoms with Gasteiger partial charge in [0.1, 0.15) is 5.75 Å². The monoisotopic (exact) mass is 380 g/mol. The Kier molecular flexibility index (Phi) is 7.19. The fraction of sp³-hybridized carbons (Fsp3) is 0.273. The quantitative estimate of drug-likeness (QED) is 0.456. The van der Waals surface area contributed by atoms with Crippen LogP contribution in [0.1, 0.15) is 40.9 Å². The molecule has 2 aromatic rings. The molecule has 0 saturated carbocycles. The highest BCUT2D eigenvalue weighted by molar-refractivity contribution is 5.78. The van der Waals surface area contributed by atoms with Gasteiger partial charge >= 0.3 is 0 Å². The fourth-order valence-corrected chi connectivity index (χ4v) is 2.61. The number of hydrogen-bond acceptors (Lipinski definition) is 5. The van der Waals surface area contributed by atoms with Gasteiger partial charge in [0.05, 0.1) is 19.9 Å². The van der Waals surface area contributed by atoms with Crippen LogP contribution < -0.4 is 15.0 Å². The molecule has 1 amide bonds. The molecule has 146 valence electrons. The number of methoxy groups -OCH3 is 2. The van der Waals surface area contributed by atoms with E-state index in [4.69, 9.17) is 14.7 Å². The SMILES string of the molecule is C=C(c1cc(C)c(C)c(OC)c1)c1ccc(OC)c(C#CCCC(=O)NO)n1. The fourth-order valence-electron chi connectivity index (χ4n) is 2.61. The Morgan fingerprint density at radius 1 is 1.21 bits per heavy atom. The predicted octanol–water partition coefficient (Wildman–Crippen LogP) is 3.41. The zero-order valence-electron chi connectivity index (χ0n) is 16.5. The molecule has 0 aliphatic carbocycles. The Labute approximate surface area is 165 Å². The van der Waals surface area contributed by atoms with Crippen molar-refractivity contribution >= 4 is 11.5 Å². The summed E-state index contributed by atoms with van der Waals surface area (Å²) in [6.07, 6.45) is 0.386. The lowest BCUT2D eigenvalue weighted by molar-refractivity contribution is -0.129. The molecule has 2 N–H and O–H groups in total. The Bertz CT molecular complexity index is 955. The van der Waals surface area contributed by atoms with E-state index in [1.165, 1.54) is 0 Å². The number of carbonyl (C=O) groups excluding carboxylic acids is 1. The summed E-state index contributed by atoms with van der Waals surface area (Å²) in [6, 6.07) is 7.60. The normalized spacial score (nSPS) is 9.89. The number of nitrogens with zero attached hydrogens (tertiary/aromatic N) is 1. The largest absolute Gasteiger partial charge is 0.496 e. The highest BCUT2D eigenvalue weighted by atomic mass is 16.5. The van der Waals surface area contributed by atoms with Crippen LogP contribution in [0.15, 0.2) is 30.8 Å². The van der Waals surface area contributed by atoms with E-state index in [9.17, 15) is 4.79 Å². The lowest BCUT2D eigenvalue weighted by Gasteiger charge is -2.13. The number of rotatable bonds is 6. The molecule has 1 heterocycles. The number of ether oxygens (including phenoxy) is 2. The molecule has 0 bridgehead atoms. The van der Waals surface area contributed by atoms with E-state index in [2.05, 4.69) is 23.4 Å². The number of carbonyl (C=O) groups is 1. The summed E-state index contributed by atoms with van der Waals surface area (Å²) in [6.45, 7) is 8.22. The molecule has 1 aromatic heterocycles. The number of amides is 1. The molecule has 0 fully saturated rings. The van der Waals surface area contributed by atoms with Crippen molar-refractivity contribution in [3.63, 3.8) is 0 Å². The Balaban J connectivity index is 2.34. The number of aromatic nitrogens is 1. The molecule has 2 rings (SSSR count). The average Bonchev–Trinajstić information content (AvgIpc) is 2.72. The number of pyridine rings is 1. The van der Waals surface area contributed by atoms with Crippen LogP contribution in [0.4, 0.5) is 0 Å². The van der Waals surface area contributed by atoms with Crippen molar-refractivity contribution in [2.45, 2.75) is 26.7 Å². The lowest BCUT2D eigenvalue weighted by Crippen LogP contribution is -2.17. The van der Waals surface area contributed by atoms with Gasteiger partial charge in [-0.05, 0) is 54.7 Å². The molecule has 0 atom stereocenters. The second-order valence-corrected chi connectivity index (χ2v) is 6.18. The highest BCUT2D eigenvalue weighted by Gasteiger charge is 2.12. The smallest absolute Gasteiger partial charge is 0.244 e. The highest BCUT2D eigenvalue weighted by Crippen LogP contribution is 2.30. The molecule has 0 aliphatic rings. The number of aryl methyl sites for hydroxylation is 1. The first-order valence-electron chi connectivity index (χ1n) is 8.73. The lowest BCUT2D eigenvalue weighted by atomic mass is 9.98. The summed E-state index contributed by atoms with van der Waals surface area (Å²) in [5.41, 5.74) is 6.55. The topological polar surface area (TPSA) is 80.7 Å². The van der Waals surface area contributed by atoms with Crippen molar-refractivity contribution in [1.29, 1.82) is 0 Å². The molecular formula is C22H24N2O4. The van der Waals surface area contributed by atoms with Crippen molar-refractivity contribution in [3.8, 4) is 23.3 Å². The maximum atomic E-state index is 11.1. The van der Waals surface area contributed by atoms with Crippen LogP contribution in [-0.4, -0.2) is 30.3 Å². The van der Waals surface area contributed by atoms with Crippen molar-refractivity contribution in [1.82, 2.24) is 10.5 Å². The van der Waals surface area contributed by atoms with Crippen LogP contribution >= 0.6 is 0 Å². The molecule has 0 radical (unpaired) electrons. The Hall–Kier alpha value is -3.30. The van der Waals surface area contributed by atoms with E-state index in [1.54, 1.807) is 25.8 Å². The maximum Gasteiger partial charge on any atom is 0.244 e. The average molecular weight is 380 g/mol. The van der Waals surface area contributed by atoms with Crippen LogP contribution in [-0.2, 0) is 4.79 Å². The second kappa shape index (κ2) is 9.58. The van der Waals surface area contributed by atoms with E-state index in [-0.39, 0.29) is 12.8 Å². The van der Waals surface area contributed by atoms with Crippen molar-refractivity contribution in [3.05, 3.63) is 58.9 Å². The summed E-state index contributed by atoms with van der Waals surface area (Å²) in [7, 11) is 3.19. The summed E-state index contributed by atoms with van der Waals surface area (Å²) in [4.78, 5) is 15.6. The zero-order valence-corrected chi connectivity index (χ0v) is 16.5. The summed E-state index contributed by atoms with van der Waals surface area (Å²) >= 11 is 0. The zero-order chi connectivity index (χ0) is 20.7. The first kappa shape index (κ1) is 21.0. The van der Waals surface area contributed by atoms with Gasteiger partial charge in [0.15, 0.2) is 11.4 Å². The number of benzene rings is 1. The van der Waals surface area contributed by atoms with E-state index in [1.807, 2.05) is 32.0 Å². The van der Waals surface area contributed by atoms with E-state index >= 15 is 0 Å². The molecular weight excluding hydrogens is 356 g/mol. The van der Waals surface area contributed by atoms with E-state index in [0.717, 1.165) is 28.0 Å². The van der Waals surface area contributed by atoms with Crippen LogP contribution in [0.2, 0.25) is 0 Å². The number of hydroxylamine groups is 1. The van der Waals surface area contributed by atoms with Gasteiger partial charge < -0.3 is 9.47 Å². The minimum absolute atomic E-state index is 0.0979. The molecule has 0 saturated heterocycles. The third-order valence-electron chi connectivity index (χ3n) is 4.38. The van der Waals surface area contributed by atoms with Gasteiger partial charge in [0, 0.05) is 18.4 Å². The Morgan fingerprint density at radius 3 is 2.57 bits per heavy atom. The van der Waals surface area contributed by atoms with Crippen LogP contribution in [0.5, 0.6) is 11.5 Å². The van der Waals surface area contributed by atoms with Crippen molar-refractivity contribution in [2.24, 2.45) is 0 Å². The standard InChI is InChI=1S/C22H24N2O4/c1-14-12-17(13-21(28-5)15(14)2)16(3)18-10-11-20(27-4)19(23-18)8-6-7-9-22(25)24-26/h10-13,26H,3,7,9H2,1-2,4-5H3,(H,24,25). The van der Waals surface area contributed by atoms with Gasteiger partial charge in [0.2, 0.25) is 5.91 Å². The summed E-state index contributed by atoms with van der Waals surface area (Å²) in [5.74, 6) is 6.64. The predicted molar refractivity (Wildman–Crippen MR) is 107 cm³/mol. The van der Waals surface area contributed by atoms with Crippen molar-refractivity contribution < 1.29 is 19.5 Å². The van der Waals surface area contributed by atoms with Gasteiger partial charge in [0.25, 0.3) is 0 Å². The van der Waals surface area contributed by atoms with E-state index < -0.39 is 5.91 Å². The van der Waals surface area contributed by atoms with Crippen LogP contribution in [0, 0.1) is 25.7 Å². The van der Waals surface area contributed by atoms with E-state index in [0.29, 0.717) is 17.1 Å². The van der Waals surface area contributed by atoms with Gasteiger partial charge in [-0.1, -0.05) is 18.6 Å². The molecule has 0 unspecified atom stereocenters. The number of nitrogens with one attached hydrogen (secondary N) is 1. The molecule has 1 aromatic carbocycles.